The molecule has 0 aliphatic carbocycles. The summed E-state index contributed by atoms with van der Waals surface area (Å²) in [5.41, 5.74) is 1.32. The number of pyridine rings is 1. The zero-order valence-corrected chi connectivity index (χ0v) is 11.5. The zero-order chi connectivity index (χ0) is 10.7. The molecule has 2 rings (SSSR count). The summed E-state index contributed by atoms with van der Waals surface area (Å²) in [6.45, 7) is 2.15. The molecule has 78 valence electrons. The van der Waals surface area contributed by atoms with E-state index in [1.807, 2.05) is 17.5 Å². The average Bonchev–Trinajstić information content (AvgIpc) is 2.64. The molecule has 0 N–H and O–H groups in total. The number of aryl methyl sites for hydroxylation is 3. The molecule has 0 bridgehead atoms. The van der Waals surface area contributed by atoms with E-state index in [-0.39, 0.29) is 0 Å². The standard InChI is InChI=1S/C12H12INS/c1-9-2-5-11(15-9)6-3-10-4-7-12(13)14-8-10/h2,4-5,7-8H,3,6H2,1H3. The molecule has 0 spiro atoms. The molecule has 2 aromatic heterocycles. The molecule has 0 radical (unpaired) electrons. The Hall–Kier alpha value is -0.420. The minimum Gasteiger partial charge on any atom is -0.250 e. The van der Waals surface area contributed by atoms with Gasteiger partial charge in [-0.2, -0.15) is 0 Å². The molecule has 0 aromatic carbocycles. The maximum Gasteiger partial charge on any atom is 0.101 e. The second-order valence-electron chi connectivity index (χ2n) is 3.50. The van der Waals surface area contributed by atoms with Crippen LogP contribution in [0.15, 0.2) is 30.5 Å². The van der Waals surface area contributed by atoms with E-state index in [9.17, 15) is 0 Å². The summed E-state index contributed by atoms with van der Waals surface area (Å²) in [6, 6.07) is 8.64. The highest BCUT2D eigenvalue weighted by Crippen LogP contribution is 2.17. The van der Waals surface area contributed by atoms with Crippen molar-refractivity contribution in [1.82, 2.24) is 4.98 Å². The molecule has 2 heterocycles. The third-order valence-corrected chi connectivity index (χ3v) is 3.94. The third-order valence-electron chi connectivity index (χ3n) is 2.24. The van der Waals surface area contributed by atoms with Crippen LogP contribution in [-0.2, 0) is 12.8 Å². The van der Waals surface area contributed by atoms with Gasteiger partial charge >= 0.3 is 0 Å². The SMILES string of the molecule is Cc1ccc(CCc2ccc(I)nc2)s1. The fraction of sp³-hybridized carbons (Fsp3) is 0.250. The Balaban J connectivity index is 1.96. The third kappa shape index (κ3) is 3.28. The van der Waals surface area contributed by atoms with Gasteiger partial charge in [0, 0.05) is 16.0 Å². The Bertz CT molecular complexity index is 433. The van der Waals surface area contributed by atoms with Crippen LogP contribution in [0.25, 0.3) is 0 Å². The van der Waals surface area contributed by atoms with Crippen LogP contribution in [-0.4, -0.2) is 4.98 Å². The molecule has 0 fully saturated rings. The molecule has 15 heavy (non-hydrogen) atoms. The summed E-state index contributed by atoms with van der Waals surface area (Å²) in [4.78, 5) is 7.14. The van der Waals surface area contributed by atoms with Gasteiger partial charge in [-0.15, -0.1) is 11.3 Å². The van der Waals surface area contributed by atoms with E-state index in [0.29, 0.717) is 0 Å². The Labute approximate surface area is 108 Å². The van der Waals surface area contributed by atoms with Gasteiger partial charge in [0.05, 0.1) is 0 Å². The first-order valence-electron chi connectivity index (χ1n) is 4.90. The van der Waals surface area contributed by atoms with Crippen LogP contribution < -0.4 is 0 Å². The van der Waals surface area contributed by atoms with Crippen molar-refractivity contribution in [2.24, 2.45) is 0 Å². The molecule has 0 unspecified atom stereocenters. The van der Waals surface area contributed by atoms with Gasteiger partial charge in [-0.05, 0) is 66.1 Å². The molecular formula is C12H12INS. The van der Waals surface area contributed by atoms with E-state index in [0.717, 1.165) is 16.5 Å². The maximum atomic E-state index is 4.29. The van der Waals surface area contributed by atoms with Gasteiger partial charge in [0.2, 0.25) is 0 Å². The molecule has 0 atom stereocenters. The highest BCUT2D eigenvalue weighted by Gasteiger charge is 1.98. The van der Waals surface area contributed by atoms with Crippen LogP contribution in [0.5, 0.6) is 0 Å². The largest absolute Gasteiger partial charge is 0.250 e. The lowest BCUT2D eigenvalue weighted by atomic mass is 10.1. The molecule has 1 nitrogen and oxygen atoms in total. The van der Waals surface area contributed by atoms with E-state index < -0.39 is 0 Å². The summed E-state index contributed by atoms with van der Waals surface area (Å²) >= 11 is 4.12. The van der Waals surface area contributed by atoms with Crippen molar-refractivity contribution < 1.29 is 0 Å². The Morgan fingerprint density at radius 1 is 1.20 bits per heavy atom. The molecule has 3 heteroatoms. The Kier molecular flexibility index (Phi) is 3.75. The van der Waals surface area contributed by atoms with Crippen LogP contribution in [0.4, 0.5) is 0 Å². The first kappa shape index (κ1) is 11.1. The topological polar surface area (TPSA) is 12.9 Å². The zero-order valence-electron chi connectivity index (χ0n) is 8.53. The van der Waals surface area contributed by atoms with Crippen LogP contribution >= 0.6 is 33.9 Å². The van der Waals surface area contributed by atoms with Crippen molar-refractivity contribution in [2.75, 3.05) is 0 Å². The molecule has 0 amide bonds. The minimum absolute atomic E-state index is 1.06. The smallest absolute Gasteiger partial charge is 0.101 e. The lowest BCUT2D eigenvalue weighted by Crippen LogP contribution is -1.90. The van der Waals surface area contributed by atoms with E-state index in [2.05, 4.69) is 58.8 Å². The van der Waals surface area contributed by atoms with Crippen LogP contribution in [0.2, 0.25) is 0 Å². The summed E-state index contributed by atoms with van der Waals surface area (Å²) in [5.74, 6) is 0. The van der Waals surface area contributed by atoms with E-state index in [1.165, 1.54) is 15.3 Å². The van der Waals surface area contributed by atoms with Crippen molar-refractivity contribution in [3.63, 3.8) is 0 Å². The van der Waals surface area contributed by atoms with Crippen molar-refractivity contribution in [2.45, 2.75) is 19.8 Å². The second-order valence-corrected chi connectivity index (χ2v) is 5.98. The Morgan fingerprint density at radius 3 is 2.67 bits per heavy atom. The van der Waals surface area contributed by atoms with Crippen molar-refractivity contribution in [3.8, 4) is 0 Å². The van der Waals surface area contributed by atoms with E-state index in [4.69, 9.17) is 0 Å². The van der Waals surface area contributed by atoms with Gasteiger partial charge in [-0.1, -0.05) is 6.07 Å². The molecule has 0 aliphatic heterocycles. The number of aromatic nitrogens is 1. The fourth-order valence-corrected chi connectivity index (χ4v) is 2.65. The molecular weight excluding hydrogens is 317 g/mol. The minimum atomic E-state index is 1.06. The van der Waals surface area contributed by atoms with E-state index >= 15 is 0 Å². The number of nitrogens with zero attached hydrogens (tertiary/aromatic N) is 1. The van der Waals surface area contributed by atoms with Crippen molar-refractivity contribution in [1.29, 1.82) is 0 Å². The number of hydrogen-bond donors (Lipinski definition) is 0. The second kappa shape index (κ2) is 5.07. The van der Waals surface area contributed by atoms with Crippen molar-refractivity contribution in [3.05, 3.63) is 49.5 Å². The summed E-state index contributed by atoms with van der Waals surface area (Å²) in [7, 11) is 0. The predicted octanol–water partition coefficient (Wildman–Crippen LogP) is 3.84. The van der Waals surface area contributed by atoms with Gasteiger partial charge in [0.1, 0.15) is 3.70 Å². The van der Waals surface area contributed by atoms with Gasteiger partial charge in [0.15, 0.2) is 0 Å². The number of halogens is 1. The van der Waals surface area contributed by atoms with Gasteiger partial charge in [-0.3, -0.25) is 4.98 Å². The molecule has 0 saturated heterocycles. The molecule has 0 saturated carbocycles. The van der Waals surface area contributed by atoms with Crippen LogP contribution in [0, 0.1) is 10.6 Å². The quantitative estimate of drug-likeness (QED) is 0.616. The summed E-state index contributed by atoms with van der Waals surface area (Å²) < 4.78 is 1.06. The Morgan fingerprint density at radius 2 is 2.07 bits per heavy atom. The van der Waals surface area contributed by atoms with Gasteiger partial charge < -0.3 is 0 Å². The van der Waals surface area contributed by atoms with Gasteiger partial charge in [0.25, 0.3) is 0 Å². The first-order chi connectivity index (χ1) is 7.24. The predicted molar refractivity (Wildman–Crippen MR) is 73.4 cm³/mol. The van der Waals surface area contributed by atoms with Gasteiger partial charge in [-0.25, -0.2) is 0 Å². The van der Waals surface area contributed by atoms with Crippen LogP contribution in [0.3, 0.4) is 0 Å². The monoisotopic (exact) mass is 329 g/mol. The molecule has 2 aromatic rings. The lowest BCUT2D eigenvalue weighted by molar-refractivity contribution is 0.966. The van der Waals surface area contributed by atoms with Crippen LogP contribution in [0.1, 0.15) is 15.3 Å². The maximum absolute atomic E-state index is 4.29. The number of rotatable bonds is 3. The summed E-state index contributed by atoms with van der Waals surface area (Å²) in [6.07, 6.45) is 4.19. The fourth-order valence-electron chi connectivity index (χ4n) is 1.44. The normalized spacial score (nSPS) is 10.5. The van der Waals surface area contributed by atoms with E-state index in [1.54, 1.807) is 0 Å². The number of thiophene rings is 1. The lowest BCUT2D eigenvalue weighted by Gasteiger charge is -1.99. The highest BCUT2D eigenvalue weighted by atomic mass is 127. The van der Waals surface area contributed by atoms with Crippen molar-refractivity contribution >= 4 is 33.9 Å². The summed E-state index contributed by atoms with van der Waals surface area (Å²) in [5, 5.41) is 0. The highest BCUT2D eigenvalue weighted by molar-refractivity contribution is 14.1. The first-order valence-corrected chi connectivity index (χ1v) is 6.79. The average molecular weight is 329 g/mol. The number of hydrogen-bond acceptors (Lipinski definition) is 2. The molecule has 0 aliphatic rings.